The van der Waals surface area contributed by atoms with Crippen molar-refractivity contribution in [3.05, 3.63) is 76.8 Å². The van der Waals surface area contributed by atoms with Crippen LogP contribution in [0.2, 0.25) is 0 Å². The number of carbonyl (C=O) groups is 1. The van der Waals surface area contributed by atoms with E-state index < -0.39 is 15.3 Å². The summed E-state index contributed by atoms with van der Waals surface area (Å²) in [4.78, 5) is 37.8. The number of sulfonamides is 1. The number of aryl methyl sites for hydroxylation is 1. The highest BCUT2D eigenvalue weighted by Crippen LogP contribution is 2.23. The first-order valence-electron chi connectivity index (χ1n) is 10.5. The second kappa shape index (κ2) is 9.84. The summed E-state index contributed by atoms with van der Waals surface area (Å²) in [6, 6.07) is 14.4. The second-order valence-corrected chi connectivity index (χ2v) is 10.7. The Bertz CT molecular complexity index is 1570. The van der Waals surface area contributed by atoms with Gasteiger partial charge in [0.2, 0.25) is 11.9 Å². The van der Waals surface area contributed by atoms with Gasteiger partial charge in [-0.15, -0.1) is 0 Å². The van der Waals surface area contributed by atoms with E-state index in [0.29, 0.717) is 27.4 Å². The van der Waals surface area contributed by atoms with Crippen molar-refractivity contribution >= 4 is 50.2 Å². The molecule has 180 valence electrons. The number of nitrogens with zero attached hydrogens (tertiary/aromatic N) is 4. The summed E-state index contributed by atoms with van der Waals surface area (Å²) in [6.07, 6.45) is 1.46. The largest absolute Gasteiger partial charge is 0.325 e. The SMILES string of the molecule is Cc1ccnc(NS(=O)(=O)c2ccc(NC(=O)C(C)Sc3nc4ccccc4c(=O)n3C)cc2)n1. The minimum atomic E-state index is -3.89. The molecule has 0 radical (unpaired) electrons. The van der Waals surface area contributed by atoms with E-state index in [1.807, 2.05) is 0 Å². The van der Waals surface area contributed by atoms with E-state index in [-0.39, 0.29) is 22.3 Å². The number of anilines is 2. The zero-order chi connectivity index (χ0) is 25.2. The molecule has 10 nitrogen and oxygen atoms in total. The monoisotopic (exact) mass is 510 g/mol. The van der Waals surface area contributed by atoms with E-state index in [2.05, 4.69) is 25.0 Å². The van der Waals surface area contributed by atoms with Crippen LogP contribution in [0.15, 0.2) is 75.6 Å². The summed E-state index contributed by atoms with van der Waals surface area (Å²) in [5.41, 5.74) is 1.43. The average molecular weight is 511 g/mol. The fourth-order valence-electron chi connectivity index (χ4n) is 3.15. The molecule has 2 N–H and O–H groups in total. The number of fused-ring (bicyclic) bond motifs is 1. The first-order valence-corrected chi connectivity index (χ1v) is 12.9. The van der Waals surface area contributed by atoms with Crippen LogP contribution in [-0.4, -0.2) is 39.1 Å². The maximum Gasteiger partial charge on any atom is 0.264 e. The Hall–Kier alpha value is -3.77. The third-order valence-electron chi connectivity index (χ3n) is 5.05. The van der Waals surface area contributed by atoms with Gasteiger partial charge in [-0.05, 0) is 56.3 Å². The maximum atomic E-state index is 12.7. The lowest BCUT2D eigenvalue weighted by atomic mass is 10.2. The zero-order valence-electron chi connectivity index (χ0n) is 19.1. The molecule has 0 bridgehead atoms. The van der Waals surface area contributed by atoms with E-state index in [4.69, 9.17) is 0 Å². The van der Waals surface area contributed by atoms with Gasteiger partial charge in [0.15, 0.2) is 5.16 Å². The molecule has 0 aliphatic heterocycles. The number of para-hydroxylation sites is 1. The number of rotatable bonds is 7. The first kappa shape index (κ1) is 24.4. The maximum absolute atomic E-state index is 12.7. The summed E-state index contributed by atoms with van der Waals surface area (Å²) in [5, 5.41) is 3.11. The lowest BCUT2D eigenvalue weighted by Crippen LogP contribution is -2.25. The van der Waals surface area contributed by atoms with Crippen LogP contribution in [0.5, 0.6) is 0 Å². The van der Waals surface area contributed by atoms with Gasteiger partial charge in [-0.2, -0.15) is 0 Å². The van der Waals surface area contributed by atoms with E-state index >= 15 is 0 Å². The number of hydrogen-bond acceptors (Lipinski definition) is 8. The Kier molecular flexibility index (Phi) is 6.85. The van der Waals surface area contributed by atoms with Gasteiger partial charge in [0, 0.05) is 24.6 Å². The van der Waals surface area contributed by atoms with Crippen LogP contribution < -0.4 is 15.6 Å². The summed E-state index contributed by atoms with van der Waals surface area (Å²) >= 11 is 1.16. The first-order chi connectivity index (χ1) is 16.6. The van der Waals surface area contributed by atoms with Crippen molar-refractivity contribution in [2.45, 2.75) is 29.1 Å². The van der Waals surface area contributed by atoms with Gasteiger partial charge in [-0.1, -0.05) is 23.9 Å². The van der Waals surface area contributed by atoms with E-state index in [9.17, 15) is 18.0 Å². The summed E-state index contributed by atoms with van der Waals surface area (Å²) < 4.78 is 28.9. The topological polar surface area (TPSA) is 136 Å². The minimum absolute atomic E-state index is 0.00149. The van der Waals surface area contributed by atoms with Gasteiger partial charge in [0.1, 0.15) is 0 Å². The fourth-order valence-corrected chi connectivity index (χ4v) is 4.98. The van der Waals surface area contributed by atoms with Crippen molar-refractivity contribution in [3.63, 3.8) is 0 Å². The number of amides is 1. The molecule has 4 rings (SSSR count). The highest BCUT2D eigenvalue weighted by atomic mass is 32.2. The highest BCUT2D eigenvalue weighted by Gasteiger charge is 2.20. The van der Waals surface area contributed by atoms with Gasteiger partial charge in [-0.25, -0.2) is 28.1 Å². The van der Waals surface area contributed by atoms with Crippen LogP contribution in [-0.2, 0) is 21.9 Å². The molecule has 1 unspecified atom stereocenters. The summed E-state index contributed by atoms with van der Waals surface area (Å²) in [6.45, 7) is 3.43. The Morgan fingerprint density at radius 2 is 1.77 bits per heavy atom. The van der Waals surface area contributed by atoms with Crippen LogP contribution in [0, 0.1) is 6.92 Å². The van der Waals surface area contributed by atoms with Crippen LogP contribution in [0.3, 0.4) is 0 Å². The predicted octanol–water partition coefficient (Wildman–Crippen LogP) is 2.95. The molecule has 0 fully saturated rings. The van der Waals surface area contributed by atoms with Crippen molar-refractivity contribution in [3.8, 4) is 0 Å². The Morgan fingerprint density at radius 3 is 2.49 bits per heavy atom. The fraction of sp³-hybridized carbons (Fsp3) is 0.174. The second-order valence-electron chi connectivity index (χ2n) is 7.68. The standard InChI is InChI=1S/C23H22N6O4S2/c1-14-12-13-24-22(25-14)28-35(32,33)17-10-8-16(9-11-17)26-20(30)15(2)34-23-27-19-7-5-4-6-18(19)21(31)29(23)3/h4-13,15H,1-3H3,(H,26,30)(H,24,25,28). The van der Waals surface area contributed by atoms with Gasteiger partial charge < -0.3 is 5.32 Å². The number of hydrogen-bond donors (Lipinski definition) is 2. The van der Waals surface area contributed by atoms with Crippen molar-refractivity contribution < 1.29 is 13.2 Å². The molecule has 0 aliphatic carbocycles. The third-order valence-corrected chi connectivity index (χ3v) is 7.53. The molecule has 2 heterocycles. The summed E-state index contributed by atoms with van der Waals surface area (Å²) in [5.74, 6) is -0.343. The Balaban J connectivity index is 1.44. The molecule has 12 heteroatoms. The number of thioether (sulfide) groups is 1. The minimum Gasteiger partial charge on any atom is -0.325 e. The lowest BCUT2D eigenvalue weighted by molar-refractivity contribution is -0.115. The lowest BCUT2D eigenvalue weighted by Gasteiger charge is -2.14. The summed E-state index contributed by atoms with van der Waals surface area (Å²) in [7, 11) is -2.28. The normalized spacial score (nSPS) is 12.3. The molecule has 0 aliphatic rings. The molecule has 4 aromatic rings. The molecule has 1 amide bonds. The Labute approximate surface area is 205 Å². The van der Waals surface area contributed by atoms with Gasteiger partial charge >= 0.3 is 0 Å². The Morgan fingerprint density at radius 1 is 1.06 bits per heavy atom. The molecular weight excluding hydrogens is 488 g/mol. The molecule has 0 saturated carbocycles. The van der Waals surface area contributed by atoms with Crippen LogP contribution in [0.1, 0.15) is 12.6 Å². The van der Waals surface area contributed by atoms with E-state index in [1.54, 1.807) is 51.2 Å². The van der Waals surface area contributed by atoms with E-state index in [0.717, 1.165) is 11.8 Å². The zero-order valence-corrected chi connectivity index (χ0v) is 20.7. The molecule has 35 heavy (non-hydrogen) atoms. The third kappa shape index (κ3) is 5.49. The van der Waals surface area contributed by atoms with Crippen molar-refractivity contribution in [2.75, 3.05) is 10.0 Å². The molecule has 2 aromatic carbocycles. The molecule has 2 aromatic heterocycles. The number of aromatic nitrogens is 4. The van der Waals surface area contributed by atoms with Gasteiger partial charge in [0.05, 0.1) is 21.0 Å². The molecule has 0 spiro atoms. The quantitative estimate of drug-likeness (QED) is 0.286. The molecular formula is C23H22N6O4S2. The average Bonchev–Trinajstić information content (AvgIpc) is 2.82. The van der Waals surface area contributed by atoms with Crippen molar-refractivity contribution in [1.29, 1.82) is 0 Å². The van der Waals surface area contributed by atoms with Gasteiger partial charge in [-0.3, -0.25) is 14.2 Å². The van der Waals surface area contributed by atoms with Crippen LogP contribution in [0.25, 0.3) is 10.9 Å². The smallest absolute Gasteiger partial charge is 0.264 e. The molecule has 1 atom stereocenters. The number of benzene rings is 2. The predicted molar refractivity (Wildman–Crippen MR) is 135 cm³/mol. The van der Waals surface area contributed by atoms with Gasteiger partial charge in [0.25, 0.3) is 15.6 Å². The number of nitrogens with one attached hydrogen (secondary N) is 2. The number of carbonyl (C=O) groups excluding carboxylic acids is 1. The highest BCUT2D eigenvalue weighted by molar-refractivity contribution is 8.00. The van der Waals surface area contributed by atoms with E-state index in [1.165, 1.54) is 35.0 Å². The molecule has 0 saturated heterocycles. The van der Waals surface area contributed by atoms with Crippen molar-refractivity contribution in [2.24, 2.45) is 7.05 Å². The van der Waals surface area contributed by atoms with Crippen molar-refractivity contribution in [1.82, 2.24) is 19.5 Å². The van der Waals surface area contributed by atoms with Crippen LogP contribution in [0.4, 0.5) is 11.6 Å². The van der Waals surface area contributed by atoms with Crippen LogP contribution >= 0.6 is 11.8 Å².